The van der Waals surface area contributed by atoms with Crippen molar-refractivity contribution in [1.82, 2.24) is 9.88 Å². The van der Waals surface area contributed by atoms with Crippen LogP contribution < -0.4 is 0 Å². The highest BCUT2D eigenvalue weighted by Gasteiger charge is 2.44. The van der Waals surface area contributed by atoms with Gasteiger partial charge in [-0.15, -0.1) is 0 Å². The Bertz CT molecular complexity index is 1360. The molecule has 2 aromatic carbocycles. The number of rotatable bonds is 5. The first kappa shape index (κ1) is 20.0. The molecule has 7 heteroatoms. The van der Waals surface area contributed by atoms with Crippen LogP contribution in [0, 0.1) is 0 Å². The molecule has 0 saturated heterocycles. The van der Waals surface area contributed by atoms with Crippen molar-refractivity contribution >= 4 is 34.3 Å². The minimum absolute atomic E-state index is 0.0183. The van der Waals surface area contributed by atoms with E-state index in [4.69, 9.17) is 16.0 Å². The Labute approximate surface area is 188 Å². The molecule has 1 unspecified atom stereocenters. The molecule has 0 aliphatic carbocycles. The van der Waals surface area contributed by atoms with E-state index < -0.39 is 23.5 Å². The standard InChI is InChI=1S/C25H17ClN2O4/c26-18-8-9-19-17(11-18)12-20(32-19)23(29)21-22(16-6-2-1-3-7-16)28(25(31)24(21)30)14-15-5-4-10-27-13-15/h1-13,22,30H,14H2. The van der Waals surface area contributed by atoms with Gasteiger partial charge in [0.1, 0.15) is 5.58 Å². The largest absolute Gasteiger partial charge is 0.503 e. The Morgan fingerprint density at radius 2 is 1.91 bits per heavy atom. The van der Waals surface area contributed by atoms with Gasteiger partial charge in [-0.25, -0.2) is 0 Å². The van der Waals surface area contributed by atoms with Crippen LogP contribution in [-0.4, -0.2) is 26.7 Å². The topological polar surface area (TPSA) is 83.6 Å². The van der Waals surface area contributed by atoms with Crippen LogP contribution in [0.3, 0.4) is 0 Å². The number of carbonyl (C=O) groups is 2. The first-order valence-electron chi connectivity index (χ1n) is 9.94. The van der Waals surface area contributed by atoms with Gasteiger partial charge in [-0.05, 0) is 41.5 Å². The highest BCUT2D eigenvalue weighted by molar-refractivity contribution is 6.31. The van der Waals surface area contributed by atoms with Crippen LogP contribution in [0.2, 0.25) is 5.02 Å². The molecule has 5 rings (SSSR count). The predicted octanol–water partition coefficient (Wildman–Crippen LogP) is 5.26. The molecule has 0 spiro atoms. The quantitative estimate of drug-likeness (QED) is 0.424. The van der Waals surface area contributed by atoms with E-state index in [-0.39, 0.29) is 17.9 Å². The Balaban J connectivity index is 1.59. The van der Waals surface area contributed by atoms with Crippen molar-refractivity contribution in [3.63, 3.8) is 0 Å². The lowest BCUT2D eigenvalue weighted by Crippen LogP contribution is -2.30. The number of ketones is 1. The summed E-state index contributed by atoms with van der Waals surface area (Å²) in [6.45, 7) is 0.183. The van der Waals surface area contributed by atoms with Crippen molar-refractivity contribution in [3.8, 4) is 0 Å². The minimum atomic E-state index is -0.770. The Morgan fingerprint density at radius 1 is 1.09 bits per heavy atom. The number of nitrogens with zero attached hydrogens (tertiary/aromatic N) is 2. The molecule has 158 valence electrons. The summed E-state index contributed by atoms with van der Waals surface area (Å²) in [4.78, 5) is 32.1. The summed E-state index contributed by atoms with van der Waals surface area (Å²) in [7, 11) is 0. The van der Waals surface area contributed by atoms with Crippen LogP contribution in [0.15, 0.2) is 94.9 Å². The number of hydrogen-bond acceptors (Lipinski definition) is 5. The van der Waals surface area contributed by atoms with Crippen molar-refractivity contribution in [2.45, 2.75) is 12.6 Å². The predicted molar refractivity (Wildman–Crippen MR) is 119 cm³/mol. The van der Waals surface area contributed by atoms with Gasteiger partial charge in [-0.1, -0.05) is 48.0 Å². The van der Waals surface area contributed by atoms with Crippen LogP contribution in [0.5, 0.6) is 0 Å². The number of hydrogen-bond donors (Lipinski definition) is 1. The van der Waals surface area contributed by atoms with Gasteiger partial charge in [0.15, 0.2) is 11.5 Å². The molecule has 0 fully saturated rings. The maximum absolute atomic E-state index is 13.5. The number of carbonyl (C=O) groups excluding carboxylic acids is 2. The van der Waals surface area contributed by atoms with Gasteiger partial charge in [0.05, 0.1) is 11.6 Å². The molecule has 1 N–H and O–H groups in total. The zero-order valence-corrected chi connectivity index (χ0v) is 17.5. The van der Waals surface area contributed by atoms with Crippen LogP contribution in [0.1, 0.15) is 27.7 Å². The summed E-state index contributed by atoms with van der Waals surface area (Å²) in [5.74, 6) is -1.72. The number of furan rings is 1. The molecule has 2 aromatic heterocycles. The second-order valence-corrected chi connectivity index (χ2v) is 7.93. The highest BCUT2D eigenvalue weighted by Crippen LogP contribution is 2.40. The van der Waals surface area contributed by atoms with E-state index in [1.165, 1.54) is 4.90 Å². The zero-order valence-electron chi connectivity index (χ0n) is 16.7. The van der Waals surface area contributed by atoms with Crippen LogP contribution >= 0.6 is 11.6 Å². The molecule has 4 aromatic rings. The SMILES string of the molecule is O=C(C1=C(O)C(=O)N(Cc2cccnc2)C1c1ccccc1)c1cc2cc(Cl)ccc2o1. The number of halogens is 1. The average Bonchev–Trinajstić information content (AvgIpc) is 3.34. The molecule has 0 saturated carbocycles. The lowest BCUT2D eigenvalue weighted by molar-refractivity contribution is -0.130. The fraction of sp³-hybridized carbons (Fsp3) is 0.0800. The van der Waals surface area contributed by atoms with Gasteiger partial charge in [-0.2, -0.15) is 0 Å². The van der Waals surface area contributed by atoms with Crippen molar-refractivity contribution in [1.29, 1.82) is 0 Å². The van der Waals surface area contributed by atoms with Crippen LogP contribution in [0.25, 0.3) is 11.0 Å². The first-order chi connectivity index (χ1) is 15.5. The monoisotopic (exact) mass is 444 g/mol. The number of aliphatic hydroxyl groups is 1. The van der Waals surface area contributed by atoms with E-state index in [2.05, 4.69) is 4.98 Å². The van der Waals surface area contributed by atoms with Crippen molar-refractivity contribution in [3.05, 3.63) is 112 Å². The summed E-state index contributed by atoms with van der Waals surface area (Å²) >= 11 is 6.04. The van der Waals surface area contributed by atoms with Crippen molar-refractivity contribution in [2.75, 3.05) is 0 Å². The van der Waals surface area contributed by atoms with E-state index in [0.717, 1.165) is 5.56 Å². The highest BCUT2D eigenvalue weighted by atomic mass is 35.5. The molecule has 6 nitrogen and oxygen atoms in total. The number of fused-ring (bicyclic) bond motifs is 1. The Morgan fingerprint density at radius 3 is 2.66 bits per heavy atom. The molecule has 1 aliphatic rings. The summed E-state index contributed by atoms with van der Waals surface area (Å²) < 4.78 is 5.73. The maximum Gasteiger partial charge on any atom is 0.290 e. The molecule has 1 atom stereocenters. The molecule has 0 radical (unpaired) electrons. The molecule has 1 aliphatic heterocycles. The molecule has 3 heterocycles. The smallest absolute Gasteiger partial charge is 0.290 e. The fourth-order valence-electron chi connectivity index (χ4n) is 3.98. The first-order valence-corrected chi connectivity index (χ1v) is 10.3. The van der Waals surface area contributed by atoms with Crippen molar-refractivity contribution < 1.29 is 19.1 Å². The summed E-state index contributed by atoms with van der Waals surface area (Å²) in [6, 6.07) is 18.6. The normalized spacial score (nSPS) is 16.2. The summed E-state index contributed by atoms with van der Waals surface area (Å²) in [6.07, 6.45) is 3.29. The van der Waals surface area contributed by atoms with Gasteiger partial charge in [0.2, 0.25) is 5.78 Å². The van der Waals surface area contributed by atoms with Gasteiger partial charge in [0, 0.05) is 29.3 Å². The third kappa shape index (κ3) is 3.44. The number of Topliss-reactive ketones (excluding diaryl/α,β-unsaturated/α-hetero) is 1. The second kappa shape index (κ2) is 7.98. The molecular formula is C25H17ClN2O4. The summed E-state index contributed by atoms with van der Waals surface area (Å²) in [5.41, 5.74) is 1.96. The number of benzene rings is 2. The number of aliphatic hydroxyl groups excluding tert-OH is 1. The van der Waals surface area contributed by atoms with Gasteiger partial charge < -0.3 is 14.4 Å². The Kier molecular flexibility index (Phi) is 4.99. The lowest BCUT2D eigenvalue weighted by atomic mass is 9.95. The van der Waals surface area contributed by atoms with Crippen LogP contribution in [-0.2, 0) is 11.3 Å². The fourth-order valence-corrected chi connectivity index (χ4v) is 4.16. The molecule has 0 bridgehead atoms. The van der Waals surface area contributed by atoms with E-state index in [9.17, 15) is 14.7 Å². The lowest BCUT2D eigenvalue weighted by Gasteiger charge is -2.26. The van der Waals surface area contributed by atoms with E-state index >= 15 is 0 Å². The zero-order chi connectivity index (χ0) is 22.2. The van der Waals surface area contributed by atoms with Gasteiger partial charge >= 0.3 is 0 Å². The van der Waals surface area contributed by atoms with Crippen LogP contribution in [0.4, 0.5) is 0 Å². The van der Waals surface area contributed by atoms with Gasteiger partial charge in [-0.3, -0.25) is 14.6 Å². The minimum Gasteiger partial charge on any atom is -0.503 e. The maximum atomic E-state index is 13.5. The number of pyridine rings is 1. The van der Waals surface area contributed by atoms with Gasteiger partial charge in [0.25, 0.3) is 5.91 Å². The molecule has 32 heavy (non-hydrogen) atoms. The third-order valence-electron chi connectivity index (χ3n) is 5.44. The average molecular weight is 445 g/mol. The third-order valence-corrected chi connectivity index (χ3v) is 5.68. The van der Waals surface area contributed by atoms with Crippen molar-refractivity contribution in [2.24, 2.45) is 0 Å². The Hall–Kier alpha value is -3.90. The van der Waals surface area contributed by atoms with E-state index in [1.54, 1.807) is 42.7 Å². The second-order valence-electron chi connectivity index (χ2n) is 7.49. The summed E-state index contributed by atoms with van der Waals surface area (Å²) in [5, 5.41) is 12.0. The number of amides is 1. The number of aromatic nitrogens is 1. The molecular weight excluding hydrogens is 428 g/mol. The van der Waals surface area contributed by atoms with E-state index in [1.807, 2.05) is 36.4 Å². The van der Waals surface area contributed by atoms with E-state index in [0.29, 0.717) is 21.6 Å². The molecule has 1 amide bonds.